The fourth-order valence-electron chi connectivity index (χ4n) is 3.71. The van der Waals surface area contributed by atoms with Crippen LogP contribution in [0.1, 0.15) is 42.4 Å². The zero-order valence-electron chi connectivity index (χ0n) is 14.0. The Labute approximate surface area is 130 Å². The number of carbonyl (C=O) groups excluding carboxylic acids is 1. The average Bonchev–Trinajstić information content (AvgIpc) is 2.58. The van der Waals surface area contributed by atoms with E-state index >= 15 is 0 Å². The molecule has 0 bridgehead atoms. The summed E-state index contributed by atoms with van der Waals surface area (Å²) < 4.78 is 0. The minimum absolute atomic E-state index is 0.237. The van der Waals surface area contributed by atoms with Crippen LogP contribution in [0.15, 0.2) is 12.1 Å². The van der Waals surface area contributed by atoms with Gasteiger partial charge in [-0.3, -0.25) is 0 Å². The Morgan fingerprint density at radius 2 is 1.57 bits per heavy atom. The van der Waals surface area contributed by atoms with E-state index in [0.29, 0.717) is 0 Å². The third-order valence-electron chi connectivity index (χ3n) is 4.84. The molecule has 0 saturated carbocycles. The van der Waals surface area contributed by atoms with Crippen LogP contribution >= 0.6 is 7.26 Å². The summed E-state index contributed by atoms with van der Waals surface area (Å²) in [6.45, 7) is 8.69. The van der Waals surface area contributed by atoms with E-state index < -0.39 is 7.26 Å². The van der Waals surface area contributed by atoms with Gasteiger partial charge in [0.05, 0.1) is 0 Å². The predicted molar refractivity (Wildman–Crippen MR) is 96.6 cm³/mol. The third kappa shape index (κ3) is 4.54. The molecule has 1 aliphatic rings. The average molecular weight is 307 g/mol. The Bertz CT molecular complexity index is 493. The van der Waals surface area contributed by atoms with Gasteiger partial charge in [0.2, 0.25) is 0 Å². The summed E-state index contributed by atoms with van der Waals surface area (Å²) >= 11 is 0. The monoisotopic (exact) mass is 307 g/mol. The molecule has 0 spiro atoms. The standard InChI is InChI=1S/C18H30NOP/c1-14-11-15(2)18(16(3)12-14)19-17(20)13-21(4)9-7-5-6-8-10-21/h11-12,21H,5-10,13H2,1-4H3,(H,19,20). The van der Waals surface area contributed by atoms with E-state index in [2.05, 4.69) is 44.9 Å². The van der Waals surface area contributed by atoms with Crippen LogP contribution in [0.4, 0.5) is 5.69 Å². The van der Waals surface area contributed by atoms with E-state index in [1.54, 1.807) is 0 Å². The van der Waals surface area contributed by atoms with Crippen LogP contribution in [-0.2, 0) is 4.79 Å². The first-order valence-corrected chi connectivity index (χ1v) is 11.4. The number of benzene rings is 1. The minimum atomic E-state index is -1.36. The molecule has 1 saturated heterocycles. The zero-order chi connectivity index (χ0) is 15.5. The van der Waals surface area contributed by atoms with Crippen molar-refractivity contribution in [3.05, 3.63) is 28.8 Å². The Morgan fingerprint density at radius 1 is 1.05 bits per heavy atom. The van der Waals surface area contributed by atoms with Crippen LogP contribution in [0.2, 0.25) is 0 Å². The molecule has 1 heterocycles. The van der Waals surface area contributed by atoms with Gasteiger partial charge in [-0.05, 0) is 0 Å². The van der Waals surface area contributed by atoms with Gasteiger partial charge in [-0.1, -0.05) is 0 Å². The summed E-state index contributed by atoms with van der Waals surface area (Å²) in [5, 5.41) is 3.19. The number of aryl methyl sites for hydroxylation is 3. The van der Waals surface area contributed by atoms with Gasteiger partial charge >= 0.3 is 129 Å². The van der Waals surface area contributed by atoms with E-state index in [1.807, 2.05) is 0 Å². The Kier molecular flexibility index (Phi) is 5.43. The summed E-state index contributed by atoms with van der Waals surface area (Å²) in [5.74, 6) is 0.237. The summed E-state index contributed by atoms with van der Waals surface area (Å²) in [6, 6.07) is 4.29. The van der Waals surface area contributed by atoms with Crippen molar-refractivity contribution in [2.24, 2.45) is 0 Å². The second-order valence-corrected chi connectivity index (χ2v) is 12.2. The molecule has 0 aromatic heterocycles. The maximum atomic E-state index is 12.5. The van der Waals surface area contributed by atoms with Crippen molar-refractivity contribution in [2.75, 3.05) is 30.5 Å². The van der Waals surface area contributed by atoms with Crippen LogP contribution in [0.5, 0.6) is 0 Å². The second kappa shape index (κ2) is 6.92. The van der Waals surface area contributed by atoms with E-state index in [0.717, 1.165) is 11.8 Å². The van der Waals surface area contributed by atoms with E-state index in [4.69, 9.17) is 0 Å². The Balaban J connectivity index is 2.05. The molecule has 2 rings (SSSR count). The number of nitrogens with one attached hydrogen (secondary N) is 1. The normalized spacial score (nSPS) is 19.6. The number of hydrogen-bond acceptors (Lipinski definition) is 1. The number of rotatable bonds is 3. The van der Waals surface area contributed by atoms with Crippen molar-refractivity contribution in [2.45, 2.75) is 46.5 Å². The first-order chi connectivity index (χ1) is 9.89. The number of hydrogen-bond donors (Lipinski definition) is 1. The van der Waals surface area contributed by atoms with Crippen LogP contribution < -0.4 is 5.32 Å². The summed E-state index contributed by atoms with van der Waals surface area (Å²) in [5.41, 5.74) is 4.63. The van der Waals surface area contributed by atoms with Crippen LogP contribution in [0.25, 0.3) is 0 Å². The van der Waals surface area contributed by atoms with Crippen LogP contribution in [0, 0.1) is 20.8 Å². The summed E-state index contributed by atoms with van der Waals surface area (Å²) in [6.07, 6.45) is 8.83. The molecule has 3 heteroatoms. The molecule has 0 atom stereocenters. The van der Waals surface area contributed by atoms with Gasteiger partial charge in [0.15, 0.2) is 0 Å². The van der Waals surface area contributed by atoms with Gasteiger partial charge in [0, 0.05) is 0 Å². The topological polar surface area (TPSA) is 29.1 Å². The predicted octanol–water partition coefficient (Wildman–Crippen LogP) is 4.50. The molecule has 21 heavy (non-hydrogen) atoms. The molecule has 0 unspecified atom stereocenters. The Morgan fingerprint density at radius 3 is 2.10 bits per heavy atom. The molecular formula is C18H30NOP. The summed E-state index contributed by atoms with van der Waals surface area (Å²) in [4.78, 5) is 12.5. The molecule has 1 aliphatic heterocycles. The van der Waals surface area contributed by atoms with Gasteiger partial charge in [0.25, 0.3) is 0 Å². The molecule has 118 valence electrons. The van der Waals surface area contributed by atoms with Crippen molar-refractivity contribution >= 4 is 18.9 Å². The SMILES string of the molecule is Cc1cc(C)c(NC(=O)C[PH]2(C)CCCCCC2)c(C)c1. The molecule has 0 radical (unpaired) electrons. The number of anilines is 1. The van der Waals surface area contributed by atoms with E-state index in [1.165, 1.54) is 54.7 Å². The quantitative estimate of drug-likeness (QED) is 0.818. The molecule has 2 nitrogen and oxygen atoms in total. The van der Waals surface area contributed by atoms with Crippen molar-refractivity contribution in [1.29, 1.82) is 0 Å². The van der Waals surface area contributed by atoms with Gasteiger partial charge < -0.3 is 0 Å². The first-order valence-electron chi connectivity index (χ1n) is 8.27. The second-order valence-electron chi connectivity index (χ2n) is 7.22. The zero-order valence-corrected chi connectivity index (χ0v) is 15.0. The number of amides is 1. The van der Waals surface area contributed by atoms with E-state index in [9.17, 15) is 4.79 Å². The molecule has 1 aromatic carbocycles. The fourth-order valence-corrected chi connectivity index (χ4v) is 7.38. The van der Waals surface area contributed by atoms with E-state index in [-0.39, 0.29) is 5.91 Å². The van der Waals surface area contributed by atoms with Crippen LogP contribution in [0.3, 0.4) is 0 Å². The number of carbonyl (C=O) groups is 1. The van der Waals surface area contributed by atoms with Crippen molar-refractivity contribution in [3.63, 3.8) is 0 Å². The molecule has 0 aliphatic carbocycles. The van der Waals surface area contributed by atoms with Crippen molar-refractivity contribution in [3.8, 4) is 0 Å². The van der Waals surface area contributed by atoms with Gasteiger partial charge in [-0.15, -0.1) is 0 Å². The third-order valence-corrected chi connectivity index (χ3v) is 9.14. The fraction of sp³-hybridized carbons (Fsp3) is 0.611. The first kappa shape index (κ1) is 16.5. The van der Waals surface area contributed by atoms with Crippen molar-refractivity contribution < 1.29 is 4.79 Å². The Hall–Kier alpha value is -0.880. The van der Waals surface area contributed by atoms with Gasteiger partial charge in [-0.2, -0.15) is 0 Å². The van der Waals surface area contributed by atoms with Gasteiger partial charge in [0.1, 0.15) is 0 Å². The van der Waals surface area contributed by atoms with Crippen LogP contribution in [-0.4, -0.2) is 31.1 Å². The molecular weight excluding hydrogens is 277 g/mol. The van der Waals surface area contributed by atoms with Crippen molar-refractivity contribution in [1.82, 2.24) is 0 Å². The molecule has 1 amide bonds. The summed E-state index contributed by atoms with van der Waals surface area (Å²) in [7, 11) is -1.36. The maximum absolute atomic E-state index is 12.5. The molecule has 1 N–H and O–H groups in total. The molecule has 1 fully saturated rings. The molecule has 1 aromatic rings. The van der Waals surface area contributed by atoms with Gasteiger partial charge in [-0.25, -0.2) is 0 Å².